The topological polar surface area (TPSA) is 0 Å². The summed E-state index contributed by atoms with van der Waals surface area (Å²) in [6, 6.07) is 4.87. The van der Waals surface area contributed by atoms with Gasteiger partial charge < -0.3 is 0 Å². The average Bonchev–Trinajstić information content (AvgIpc) is 2.61. The van der Waals surface area contributed by atoms with E-state index in [4.69, 9.17) is 0 Å². The monoisotopic (exact) mass is 658 g/mol. The van der Waals surface area contributed by atoms with Crippen LogP contribution < -0.4 is 5.30 Å². The first-order valence-electron chi connectivity index (χ1n) is 16.0. The van der Waals surface area contributed by atoms with Gasteiger partial charge in [-0.25, -0.2) is 0 Å². The molecule has 1 aromatic rings. The Labute approximate surface area is 268 Å². The van der Waals surface area contributed by atoms with Gasteiger partial charge >= 0.3 is 14.1 Å². The minimum Gasteiger partial charge on any atom is -0.0969 e. The molecule has 0 aliphatic rings. The molecule has 6 heteroatoms. The minimum atomic E-state index is -1.51. The molecule has 41 heavy (non-hydrogen) atoms. The number of hydrogen-bond donors (Lipinski definition) is 0. The number of allylic oxidation sites excluding steroid dienone is 1. The third-order valence-corrected chi connectivity index (χ3v) is 48.3. The van der Waals surface area contributed by atoms with Crippen molar-refractivity contribution < 1.29 is 0 Å². The highest BCUT2D eigenvalue weighted by atomic mass is 31.1. The maximum Gasteiger partial charge on any atom is 0.303 e. The maximum absolute atomic E-state index is 4.14. The maximum atomic E-state index is 4.14. The van der Waals surface area contributed by atoms with Gasteiger partial charge in [-0.15, -0.1) is 0 Å². The van der Waals surface area contributed by atoms with E-state index in [2.05, 4.69) is 171 Å². The summed E-state index contributed by atoms with van der Waals surface area (Å²) in [5.74, 6) is 3.85. The second kappa shape index (κ2) is 13.4. The van der Waals surface area contributed by atoms with Gasteiger partial charge in [-0.05, 0) is 63.4 Å². The molecule has 0 saturated carbocycles. The molecule has 0 heterocycles. The summed E-state index contributed by atoms with van der Waals surface area (Å²) in [6.45, 7) is 53.9. The van der Waals surface area contributed by atoms with Crippen LogP contribution in [0.2, 0.25) is 86.6 Å². The van der Waals surface area contributed by atoms with Gasteiger partial charge in [0.2, 0.25) is 0 Å². The molecule has 0 saturated heterocycles. The van der Waals surface area contributed by atoms with Gasteiger partial charge in [-0.1, -0.05) is 147 Å². The van der Waals surface area contributed by atoms with Gasteiger partial charge in [0.05, 0.1) is 0 Å². The van der Waals surface area contributed by atoms with Gasteiger partial charge in [0.1, 0.15) is 0 Å². The van der Waals surface area contributed by atoms with E-state index in [1.54, 1.807) is 5.30 Å². The van der Waals surface area contributed by atoms with E-state index in [1.807, 2.05) is 4.18 Å². The highest BCUT2D eigenvalue weighted by Crippen LogP contribution is 2.57. The van der Waals surface area contributed by atoms with Crippen LogP contribution in [-0.4, -0.2) is 46.4 Å². The third kappa shape index (κ3) is 11.7. The van der Waals surface area contributed by atoms with Crippen molar-refractivity contribution in [3.05, 3.63) is 39.1 Å². The fraction of sp³-hybridized carbons (Fsp3) is 0.714. The molecule has 1 atom stereocenters. The zero-order valence-corrected chi connectivity index (χ0v) is 37.5. The molecule has 1 rings (SSSR count). The largest absolute Gasteiger partial charge is 0.303 e. The SMILES string of the molecule is Cc1cc(C)c(P(C#CC(C)(C)C)/[C](=C/C(C)(C)C)[Al]([CH]([Si](C)(C)C)[Si](C)(C)C)[CH]([Si](C)(C)C)[Si](C)(C)C)c(C)c1. The van der Waals surface area contributed by atoms with Crippen LogP contribution in [-0.2, 0) is 0 Å². The lowest BCUT2D eigenvalue weighted by Gasteiger charge is -2.52. The van der Waals surface area contributed by atoms with Crippen LogP contribution in [0.25, 0.3) is 0 Å². The van der Waals surface area contributed by atoms with Crippen molar-refractivity contribution in [2.24, 2.45) is 10.8 Å². The first kappa shape index (κ1) is 39.4. The van der Waals surface area contributed by atoms with Crippen LogP contribution in [0.1, 0.15) is 58.2 Å². The third-order valence-electron chi connectivity index (χ3n) is 8.03. The van der Waals surface area contributed by atoms with Crippen molar-refractivity contribution in [1.82, 2.24) is 0 Å². The first-order chi connectivity index (χ1) is 17.9. The lowest BCUT2D eigenvalue weighted by Crippen LogP contribution is -2.62. The predicted molar refractivity (Wildman–Crippen MR) is 209 cm³/mol. The first-order valence-corrected chi connectivity index (χ1v) is 33.6. The summed E-state index contributed by atoms with van der Waals surface area (Å²) in [6.07, 6.45) is 2.83. The number of hydrogen-bond acceptors (Lipinski definition) is 0. The Morgan fingerprint density at radius 3 is 1.29 bits per heavy atom. The molecule has 0 aliphatic carbocycles. The Bertz CT molecular complexity index is 1060. The average molecular weight is 659 g/mol. The molecule has 0 aliphatic heterocycles. The van der Waals surface area contributed by atoms with E-state index in [-0.39, 0.29) is 10.8 Å². The molecule has 0 bridgehead atoms. The number of aryl methyl sites for hydroxylation is 3. The summed E-state index contributed by atoms with van der Waals surface area (Å²) in [7, 11) is -6.73. The van der Waals surface area contributed by atoms with Crippen molar-refractivity contribution >= 4 is 59.7 Å². The smallest absolute Gasteiger partial charge is 0.0969 e. The predicted octanol–water partition coefficient (Wildman–Crippen LogP) is 11.9. The van der Waals surface area contributed by atoms with Gasteiger partial charge in [0, 0.05) is 45.6 Å². The summed E-state index contributed by atoms with van der Waals surface area (Å²) in [4.78, 5) is 0. The van der Waals surface area contributed by atoms with Gasteiger partial charge in [-0.3, -0.25) is 0 Å². The van der Waals surface area contributed by atoms with E-state index in [0.29, 0.717) is 0 Å². The van der Waals surface area contributed by atoms with Crippen molar-refractivity contribution in [3.63, 3.8) is 0 Å². The van der Waals surface area contributed by atoms with E-state index < -0.39 is 54.4 Å². The normalized spacial score (nSPS) is 15.2. The molecule has 0 amide bonds. The Hall–Kier alpha value is 0.350. The molecule has 0 N–H and O–H groups in total. The van der Waals surface area contributed by atoms with Crippen LogP contribution in [0.15, 0.2) is 22.4 Å². The lowest BCUT2D eigenvalue weighted by molar-refractivity contribution is 0.544. The van der Waals surface area contributed by atoms with Crippen LogP contribution in [0.4, 0.5) is 0 Å². The zero-order valence-electron chi connectivity index (χ0n) is 31.4. The molecular formula is C35H68AlPSi4. The van der Waals surface area contributed by atoms with E-state index in [0.717, 1.165) is 8.05 Å². The van der Waals surface area contributed by atoms with E-state index in [1.165, 1.54) is 16.7 Å². The molecular weight excluding hydrogens is 591 g/mol. The van der Waals surface area contributed by atoms with Crippen molar-refractivity contribution in [2.75, 3.05) is 0 Å². The summed E-state index contributed by atoms with van der Waals surface area (Å²) in [5.41, 5.74) is 8.55. The second-order valence-corrected chi connectivity index (χ2v) is 50.0. The van der Waals surface area contributed by atoms with Crippen molar-refractivity contribution in [2.45, 2.75) is 149 Å². The van der Waals surface area contributed by atoms with Crippen LogP contribution in [0.5, 0.6) is 0 Å². The molecule has 0 spiro atoms. The highest BCUT2D eigenvalue weighted by molar-refractivity contribution is 7.77. The summed E-state index contributed by atoms with van der Waals surface area (Å²) < 4.78 is 3.77. The highest BCUT2D eigenvalue weighted by Gasteiger charge is 2.57. The van der Waals surface area contributed by atoms with Crippen LogP contribution in [0, 0.1) is 43.2 Å². The van der Waals surface area contributed by atoms with E-state index >= 15 is 0 Å². The van der Waals surface area contributed by atoms with Gasteiger partial charge in [0.25, 0.3) is 0 Å². The number of benzene rings is 1. The molecule has 0 aromatic heterocycles. The van der Waals surface area contributed by atoms with Gasteiger partial charge in [-0.2, -0.15) is 0 Å². The molecule has 0 fully saturated rings. The Morgan fingerprint density at radius 1 is 0.683 bits per heavy atom. The standard InChI is InChI=1S/C21H30P.2C7H19Si2.Al/c1-16-14-17(2)19(18(3)15-16)22(12-10-20(4,5)6)13-11-21(7,8)9;2*1-8(2,3)7-9(4,5)6;/h10,14-15H,1-9H3;2*7H,1-6H3;. The Morgan fingerprint density at radius 2 is 1.02 bits per heavy atom. The fourth-order valence-electron chi connectivity index (χ4n) is 8.04. The molecule has 232 valence electrons. The minimum absolute atomic E-state index is 0.00903. The molecule has 1 unspecified atom stereocenters. The second-order valence-electron chi connectivity index (χ2n) is 19.4. The Kier molecular flexibility index (Phi) is 12.8. The lowest BCUT2D eigenvalue weighted by atomic mass is 9.98. The van der Waals surface area contributed by atoms with Crippen molar-refractivity contribution in [3.8, 4) is 11.6 Å². The molecule has 1 aromatic carbocycles. The quantitative estimate of drug-likeness (QED) is 0.141. The van der Waals surface area contributed by atoms with E-state index in [9.17, 15) is 0 Å². The Balaban J connectivity index is 4.63. The molecule has 0 radical (unpaired) electrons. The zero-order chi connectivity index (χ0) is 32.7. The van der Waals surface area contributed by atoms with Crippen LogP contribution >= 0.6 is 7.92 Å². The van der Waals surface area contributed by atoms with Crippen LogP contribution in [0.3, 0.4) is 0 Å². The van der Waals surface area contributed by atoms with Crippen molar-refractivity contribution in [1.29, 1.82) is 0 Å². The fourth-order valence-corrected chi connectivity index (χ4v) is 61.2. The summed E-state index contributed by atoms with van der Waals surface area (Å²) in [5, 5.41) is 1.57. The summed E-state index contributed by atoms with van der Waals surface area (Å²) >= 11 is -1.51. The molecule has 0 nitrogen and oxygen atoms in total. The van der Waals surface area contributed by atoms with Gasteiger partial charge in [0.15, 0.2) is 0 Å². The number of rotatable bonds is 9.